The number of rotatable bonds is 5. The van der Waals surface area contributed by atoms with Crippen LogP contribution in [0.5, 0.6) is 0 Å². The van der Waals surface area contributed by atoms with Gasteiger partial charge in [-0.3, -0.25) is 9.59 Å². The number of carboxylic acids is 1. The van der Waals surface area contributed by atoms with Gasteiger partial charge in [0.05, 0.1) is 32.5 Å². The van der Waals surface area contributed by atoms with Gasteiger partial charge in [-0.2, -0.15) is 0 Å². The van der Waals surface area contributed by atoms with Gasteiger partial charge in [-0.25, -0.2) is 9.37 Å². The molecule has 1 aliphatic heterocycles. The highest BCUT2D eigenvalue weighted by Crippen LogP contribution is 2.42. The third kappa shape index (κ3) is 3.09. The zero-order valence-electron chi connectivity index (χ0n) is 15.3. The van der Waals surface area contributed by atoms with E-state index in [-0.39, 0.29) is 5.91 Å². The molecule has 1 amide bonds. The molecular formula is C20H18FN3O3S. The number of benzene rings is 2. The van der Waals surface area contributed by atoms with E-state index >= 15 is 0 Å². The lowest BCUT2D eigenvalue weighted by Crippen LogP contribution is -2.34. The lowest BCUT2D eigenvalue weighted by Gasteiger charge is -2.19. The van der Waals surface area contributed by atoms with Gasteiger partial charge in [-0.1, -0.05) is 12.1 Å². The maximum Gasteiger partial charge on any atom is 0.323 e. The minimum atomic E-state index is -1.12. The molecule has 6 nitrogen and oxygen atoms in total. The maximum atomic E-state index is 14.6. The number of para-hydroxylation sites is 1. The molecule has 1 aliphatic rings. The highest BCUT2D eigenvalue weighted by molar-refractivity contribution is 7.18. The highest BCUT2D eigenvalue weighted by atomic mass is 32.1. The second kappa shape index (κ2) is 6.87. The molecule has 2 heterocycles. The third-order valence-electron chi connectivity index (χ3n) is 4.82. The molecule has 0 bridgehead atoms. The number of aliphatic carboxylic acids is 1. The predicted molar refractivity (Wildman–Crippen MR) is 107 cm³/mol. The first-order valence-corrected chi connectivity index (χ1v) is 9.55. The molecule has 4 rings (SSSR count). The Labute approximate surface area is 164 Å². The van der Waals surface area contributed by atoms with Crippen molar-refractivity contribution < 1.29 is 19.1 Å². The van der Waals surface area contributed by atoms with Crippen LogP contribution in [-0.4, -0.2) is 42.6 Å². The summed E-state index contributed by atoms with van der Waals surface area (Å²) in [5.74, 6) is -2.55. The minimum absolute atomic E-state index is 0.308. The molecule has 0 saturated carbocycles. The van der Waals surface area contributed by atoms with E-state index in [0.717, 1.165) is 15.2 Å². The van der Waals surface area contributed by atoms with E-state index in [1.54, 1.807) is 25.1 Å². The number of anilines is 2. The molecule has 0 radical (unpaired) electrons. The van der Waals surface area contributed by atoms with E-state index in [9.17, 15) is 19.1 Å². The van der Waals surface area contributed by atoms with Crippen LogP contribution in [0.1, 0.15) is 16.5 Å². The number of carboxylic acid groups (broad SMARTS) is 1. The van der Waals surface area contributed by atoms with Crippen molar-refractivity contribution in [2.75, 3.05) is 30.4 Å². The number of nitrogens with zero attached hydrogens (tertiary/aromatic N) is 3. The van der Waals surface area contributed by atoms with Crippen molar-refractivity contribution in [1.29, 1.82) is 0 Å². The largest absolute Gasteiger partial charge is 0.480 e. The van der Waals surface area contributed by atoms with Gasteiger partial charge in [-0.05, 0) is 29.8 Å². The summed E-state index contributed by atoms with van der Waals surface area (Å²) in [7, 11) is 3.39. The Morgan fingerprint density at radius 1 is 1.32 bits per heavy atom. The molecule has 3 aromatic rings. The maximum absolute atomic E-state index is 14.6. The summed E-state index contributed by atoms with van der Waals surface area (Å²) in [5.41, 5.74) is 2.12. The van der Waals surface area contributed by atoms with Crippen LogP contribution in [0, 0.1) is 5.82 Å². The lowest BCUT2D eigenvalue weighted by atomic mass is 9.97. The number of fused-ring (bicyclic) bond motifs is 2. The summed E-state index contributed by atoms with van der Waals surface area (Å²) in [5, 5.41) is 10.00. The lowest BCUT2D eigenvalue weighted by molar-refractivity contribution is -0.136. The van der Waals surface area contributed by atoms with E-state index in [0.29, 0.717) is 23.4 Å². The first-order chi connectivity index (χ1) is 13.3. The van der Waals surface area contributed by atoms with Gasteiger partial charge >= 0.3 is 5.97 Å². The topological polar surface area (TPSA) is 73.7 Å². The van der Waals surface area contributed by atoms with Crippen molar-refractivity contribution >= 4 is 44.8 Å². The van der Waals surface area contributed by atoms with Crippen LogP contribution in [0.15, 0.2) is 36.4 Å². The van der Waals surface area contributed by atoms with Gasteiger partial charge in [0.25, 0.3) is 0 Å². The zero-order chi connectivity index (χ0) is 20.0. The first-order valence-electron chi connectivity index (χ1n) is 8.73. The standard InChI is InChI=1S/C20H18FN3O3S/c1-23(2)16-9-15-11(7-13(16)21)12(20(27)24(15)10-19(25)26)8-18-22-14-5-3-4-6-17(14)28-18/h3-7,9,12H,8,10H2,1-2H3,(H,25,26). The van der Waals surface area contributed by atoms with E-state index < -0.39 is 24.2 Å². The molecule has 0 fully saturated rings. The van der Waals surface area contributed by atoms with Gasteiger partial charge in [0.15, 0.2) is 0 Å². The van der Waals surface area contributed by atoms with Crippen molar-refractivity contribution in [3.8, 4) is 0 Å². The zero-order valence-corrected chi connectivity index (χ0v) is 16.2. The molecule has 1 N–H and O–H groups in total. The van der Waals surface area contributed by atoms with Gasteiger partial charge < -0.3 is 14.9 Å². The number of carbonyl (C=O) groups excluding carboxylic acids is 1. The Morgan fingerprint density at radius 3 is 2.75 bits per heavy atom. The van der Waals surface area contributed by atoms with Crippen LogP contribution >= 0.6 is 11.3 Å². The predicted octanol–water partition coefficient (Wildman–Crippen LogP) is 3.26. The van der Waals surface area contributed by atoms with Crippen molar-refractivity contribution in [1.82, 2.24) is 4.98 Å². The van der Waals surface area contributed by atoms with Crippen LogP contribution in [0.2, 0.25) is 0 Å². The molecule has 1 aromatic heterocycles. The summed E-state index contributed by atoms with van der Waals surface area (Å²) >= 11 is 1.49. The Kier molecular flexibility index (Phi) is 4.50. The molecule has 0 spiro atoms. The fourth-order valence-corrected chi connectivity index (χ4v) is 4.55. The van der Waals surface area contributed by atoms with E-state index in [1.807, 2.05) is 24.3 Å². The van der Waals surface area contributed by atoms with Crippen molar-refractivity contribution in [3.05, 3.63) is 52.8 Å². The molecule has 144 valence electrons. The average Bonchev–Trinajstić information content (AvgIpc) is 3.15. The molecular weight excluding hydrogens is 381 g/mol. The van der Waals surface area contributed by atoms with Gasteiger partial charge in [-0.15, -0.1) is 11.3 Å². The molecule has 1 atom stereocenters. The highest BCUT2D eigenvalue weighted by Gasteiger charge is 2.39. The Hall–Kier alpha value is -3.00. The molecule has 28 heavy (non-hydrogen) atoms. The summed E-state index contributed by atoms with van der Waals surface area (Å²) in [6.45, 7) is -0.458. The number of amides is 1. The quantitative estimate of drug-likeness (QED) is 0.713. The summed E-state index contributed by atoms with van der Waals surface area (Å²) in [6.07, 6.45) is 0.308. The number of carbonyl (C=O) groups is 2. The van der Waals surface area contributed by atoms with E-state index in [1.165, 1.54) is 22.3 Å². The van der Waals surface area contributed by atoms with Crippen molar-refractivity contribution in [3.63, 3.8) is 0 Å². The number of hydrogen-bond donors (Lipinski definition) is 1. The second-order valence-corrected chi connectivity index (χ2v) is 8.02. The fourth-order valence-electron chi connectivity index (χ4n) is 3.54. The van der Waals surface area contributed by atoms with Crippen LogP contribution < -0.4 is 9.80 Å². The Bertz CT molecular complexity index is 1060. The van der Waals surface area contributed by atoms with E-state index in [2.05, 4.69) is 4.98 Å². The van der Waals surface area contributed by atoms with Crippen LogP contribution in [0.4, 0.5) is 15.8 Å². The monoisotopic (exact) mass is 399 g/mol. The van der Waals surface area contributed by atoms with Gasteiger partial charge in [0, 0.05) is 20.5 Å². The van der Waals surface area contributed by atoms with Gasteiger partial charge in [0.2, 0.25) is 5.91 Å². The third-order valence-corrected chi connectivity index (χ3v) is 5.88. The second-order valence-electron chi connectivity index (χ2n) is 6.91. The molecule has 0 saturated heterocycles. The summed E-state index contributed by atoms with van der Waals surface area (Å²) in [4.78, 5) is 31.7. The average molecular weight is 399 g/mol. The van der Waals surface area contributed by atoms with Crippen LogP contribution in [-0.2, 0) is 16.0 Å². The number of thiazole rings is 1. The SMILES string of the molecule is CN(C)c1cc2c(cc1F)C(Cc1nc3ccccc3s1)C(=O)N2CC(=O)O. The molecule has 2 aromatic carbocycles. The number of halogens is 1. The summed E-state index contributed by atoms with van der Waals surface area (Å²) < 4.78 is 15.6. The number of aromatic nitrogens is 1. The Morgan fingerprint density at radius 2 is 2.07 bits per heavy atom. The van der Waals surface area contributed by atoms with Crippen LogP contribution in [0.25, 0.3) is 10.2 Å². The smallest absolute Gasteiger partial charge is 0.323 e. The normalized spacial score (nSPS) is 15.9. The minimum Gasteiger partial charge on any atom is -0.480 e. The summed E-state index contributed by atoms with van der Waals surface area (Å²) in [6, 6.07) is 10.6. The van der Waals surface area contributed by atoms with Crippen LogP contribution in [0.3, 0.4) is 0 Å². The first kappa shape index (κ1) is 18.4. The fraction of sp³-hybridized carbons (Fsp3) is 0.250. The van der Waals surface area contributed by atoms with Crippen molar-refractivity contribution in [2.45, 2.75) is 12.3 Å². The number of hydrogen-bond acceptors (Lipinski definition) is 5. The Balaban J connectivity index is 1.76. The van der Waals surface area contributed by atoms with Crippen molar-refractivity contribution in [2.24, 2.45) is 0 Å². The van der Waals surface area contributed by atoms with E-state index in [4.69, 9.17) is 0 Å². The molecule has 0 aliphatic carbocycles. The van der Waals surface area contributed by atoms with Gasteiger partial charge in [0.1, 0.15) is 12.4 Å². The molecule has 8 heteroatoms. The molecule has 1 unspecified atom stereocenters.